The molecule has 1 rings (SSSR count). The highest BCUT2D eigenvalue weighted by Gasteiger charge is 2.13. The van der Waals surface area contributed by atoms with Crippen LogP contribution in [0.1, 0.15) is 42.1 Å². The van der Waals surface area contributed by atoms with Gasteiger partial charge in [0.2, 0.25) is 0 Å². The van der Waals surface area contributed by atoms with E-state index in [0.29, 0.717) is 5.92 Å². The summed E-state index contributed by atoms with van der Waals surface area (Å²) in [5.74, 6) is 0.496. The fourth-order valence-corrected chi connectivity index (χ4v) is 1.70. The number of nitrogens with two attached hydrogens (primary N) is 1. The van der Waals surface area contributed by atoms with Crippen LogP contribution in [-0.2, 0) is 0 Å². The third-order valence-corrected chi connectivity index (χ3v) is 2.96. The second-order valence-corrected chi connectivity index (χ2v) is 4.56. The highest BCUT2D eigenvalue weighted by molar-refractivity contribution is 5.38. The molecule has 78 valence electrons. The van der Waals surface area contributed by atoms with Crippen molar-refractivity contribution in [2.45, 2.75) is 40.7 Å². The van der Waals surface area contributed by atoms with Gasteiger partial charge in [-0.1, -0.05) is 26.0 Å². The largest absolute Gasteiger partial charge is 0.324 e. The molecule has 0 saturated carbocycles. The zero-order chi connectivity index (χ0) is 10.9. The molecule has 1 heteroatoms. The molecule has 0 bridgehead atoms. The molecule has 0 aliphatic rings. The van der Waals surface area contributed by atoms with E-state index in [1.165, 1.54) is 22.3 Å². The summed E-state index contributed by atoms with van der Waals surface area (Å²) in [7, 11) is 0. The third-order valence-electron chi connectivity index (χ3n) is 2.96. The molecule has 1 aromatic rings. The fraction of sp³-hybridized carbons (Fsp3) is 0.538. The van der Waals surface area contributed by atoms with Gasteiger partial charge in [-0.3, -0.25) is 0 Å². The average molecular weight is 191 g/mol. The van der Waals surface area contributed by atoms with E-state index in [1.807, 2.05) is 0 Å². The fourth-order valence-electron chi connectivity index (χ4n) is 1.70. The van der Waals surface area contributed by atoms with Crippen molar-refractivity contribution >= 4 is 0 Å². The summed E-state index contributed by atoms with van der Waals surface area (Å²) in [6, 6.07) is 4.62. The van der Waals surface area contributed by atoms with Gasteiger partial charge in [0.25, 0.3) is 0 Å². The maximum absolute atomic E-state index is 6.16. The predicted molar refractivity (Wildman–Crippen MR) is 62.4 cm³/mol. The van der Waals surface area contributed by atoms with Gasteiger partial charge in [-0.25, -0.2) is 0 Å². The number of hydrogen-bond acceptors (Lipinski definition) is 1. The molecule has 1 unspecified atom stereocenters. The lowest BCUT2D eigenvalue weighted by Gasteiger charge is -2.19. The zero-order valence-electron chi connectivity index (χ0n) is 9.89. The number of benzene rings is 1. The third kappa shape index (κ3) is 2.16. The molecule has 0 fully saturated rings. The van der Waals surface area contributed by atoms with E-state index in [9.17, 15) is 0 Å². The van der Waals surface area contributed by atoms with Crippen molar-refractivity contribution in [3.05, 3.63) is 34.4 Å². The molecule has 0 amide bonds. The van der Waals surface area contributed by atoms with Gasteiger partial charge < -0.3 is 5.73 Å². The number of aryl methyl sites for hydroxylation is 3. The Morgan fingerprint density at radius 2 is 1.43 bits per heavy atom. The second kappa shape index (κ2) is 4.14. The predicted octanol–water partition coefficient (Wildman–Crippen LogP) is 3.27. The highest BCUT2D eigenvalue weighted by atomic mass is 14.6. The van der Waals surface area contributed by atoms with Gasteiger partial charge in [0, 0.05) is 6.04 Å². The van der Waals surface area contributed by atoms with E-state index >= 15 is 0 Å². The SMILES string of the molecule is Cc1cc(C)c(C(N)C(C)C)cc1C. The van der Waals surface area contributed by atoms with Crippen molar-refractivity contribution in [3.63, 3.8) is 0 Å². The van der Waals surface area contributed by atoms with Gasteiger partial charge in [0.1, 0.15) is 0 Å². The zero-order valence-corrected chi connectivity index (χ0v) is 9.89. The Morgan fingerprint density at radius 1 is 0.929 bits per heavy atom. The number of rotatable bonds is 2. The molecule has 14 heavy (non-hydrogen) atoms. The first-order valence-corrected chi connectivity index (χ1v) is 5.26. The van der Waals surface area contributed by atoms with Crippen molar-refractivity contribution in [1.29, 1.82) is 0 Å². The molecule has 1 nitrogen and oxygen atoms in total. The molecule has 0 heterocycles. The van der Waals surface area contributed by atoms with E-state index in [4.69, 9.17) is 5.73 Å². The standard InChI is InChI=1S/C13H21N/c1-8(2)13(14)12-7-10(4)9(3)6-11(12)5/h6-8,13H,14H2,1-5H3. The van der Waals surface area contributed by atoms with Crippen molar-refractivity contribution < 1.29 is 0 Å². The molecule has 2 N–H and O–H groups in total. The van der Waals surface area contributed by atoms with E-state index in [0.717, 1.165) is 0 Å². The van der Waals surface area contributed by atoms with Crippen LogP contribution in [0.4, 0.5) is 0 Å². The summed E-state index contributed by atoms with van der Waals surface area (Å²) in [6.07, 6.45) is 0. The lowest BCUT2D eigenvalue weighted by molar-refractivity contribution is 0.512. The van der Waals surface area contributed by atoms with Crippen LogP contribution in [0.3, 0.4) is 0 Å². The lowest BCUT2D eigenvalue weighted by atomic mass is 9.90. The minimum atomic E-state index is 0.161. The molecular formula is C13H21N. The van der Waals surface area contributed by atoms with Crippen LogP contribution in [-0.4, -0.2) is 0 Å². The van der Waals surface area contributed by atoms with Gasteiger partial charge in [-0.15, -0.1) is 0 Å². The Hall–Kier alpha value is -0.820. The first-order chi connectivity index (χ1) is 6.43. The first kappa shape index (κ1) is 11.3. The van der Waals surface area contributed by atoms with Crippen LogP contribution in [0.25, 0.3) is 0 Å². The Balaban J connectivity index is 3.15. The molecule has 0 aromatic heterocycles. The molecule has 0 spiro atoms. The van der Waals surface area contributed by atoms with Crippen LogP contribution in [0.2, 0.25) is 0 Å². The Morgan fingerprint density at radius 3 is 1.93 bits per heavy atom. The van der Waals surface area contributed by atoms with Gasteiger partial charge in [0.05, 0.1) is 0 Å². The topological polar surface area (TPSA) is 26.0 Å². The highest BCUT2D eigenvalue weighted by Crippen LogP contribution is 2.24. The molecule has 0 aliphatic carbocycles. The van der Waals surface area contributed by atoms with Crippen LogP contribution < -0.4 is 5.73 Å². The molecule has 1 atom stereocenters. The molecule has 0 aliphatic heterocycles. The van der Waals surface area contributed by atoms with E-state index in [-0.39, 0.29) is 6.04 Å². The van der Waals surface area contributed by atoms with Crippen molar-refractivity contribution in [1.82, 2.24) is 0 Å². The van der Waals surface area contributed by atoms with Crippen molar-refractivity contribution in [2.24, 2.45) is 11.7 Å². The monoisotopic (exact) mass is 191 g/mol. The Bertz CT molecular complexity index is 326. The van der Waals surface area contributed by atoms with Gasteiger partial charge >= 0.3 is 0 Å². The van der Waals surface area contributed by atoms with Crippen LogP contribution in [0.15, 0.2) is 12.1 Å². The summed E-state index contributed by atoms with van der Waals surface area (Å²) in [4.78, 5) is 0. The van der Waals surface area contributed by atoms with E-state index in [1.54, 1.807) is 0 Å². The summed E-state index contributed by atoms with van der Waals surface area (Å²) >= 11 is 0. The van der Waals surface area contributed by atoms with Crippen molar-refractivity contribution in [2.75, 3.05) is 0 Å². The van der Waals surface area contributed by atoms with Crippen LogP contribution in [0.5, 0.6) is 0 Å². The van der Waals surface area contributed by atoms with Crippen LogP contribution in [0, 0.1) is 26.7 Å². The molecule has 0 radical (unpaired) electrons. The lowest BCUT2D eigenvalue weighted by Crippen LogP contribution is -2.18. The maximum Gasteiger partial charge on any atom is 0.0320 e. The van der Waals surface area contributed by atoms with Crippen molar-refractivity contribution in [3.8, 4) is 0 Å². The van der Waals surface area contributed by atoms with E-state index < -0.39 is 0 Å². The van der Waals surface area contributed by atoms with Gasteiger partial charge in [-0.2, -0.15) is 0 Å². The number of hydrogen-bond donors (Lipinski definition) is 1. The molecular weight excluding hydrogens is 170 g/mol. The van der Waals surface area contributed by atoms with Gasteiger partial charge in [-0.05, 0) is 48.9 Å². The average Bonchev–Trinajstić information content (AvgIpc) is 2.10. The smallest absolute Gasteiger partial charge is 0.0320 e. The first-order valence-electron chi connectivity index (χ1n) is 5.26. The quantitative estimate of drug-likeness (QED) is 0.763. The van der Waals surface area contributed by atoms with E-state index in [2.05, 4.69) is 46.8 Å². The second-order valence-electron chi connectivity index (χ2n) is 4.56. The van der Waals surface area contributed by atoms with Gasteiger partial charge in [0.15, 0.2) is 0 Å². The summed E-state index contributed by atoms with van der Waals surface area (Å²) < 4.78 is 0. The summed E-state index contributed by atoms with van der Waals surface area (Å²) in [6.45, 7) is 10.8. The Labute approximate surface area is 87.3 Å². The normalized spacial score (nSPS) is 13.4. The molecule has 1 aromatic carbocycles. The van der Waals surface area contributed by atoms with Crippen LogP contribution >= 0.6 is 0 Å². The summed E-state index contributed by atoms with van der Waals surface area (Å²) in [5, 5.41) is 0. The molecule has 0 saturated heterocycles. The Kier molecular flexibility index (Phi) is 3.33. The minimum Gasteiger partial charge on any atom is -0.324 e. The maximum atomic E-state index is 6.16. The minimum absolute atomic E-state index is 0.161. The summed E-state index contributed by atoms with van der Waals surface area (Å²) in [5.41, 5.74) is 11.5.